The fourth-order valence-electron chi connectivity index (χ4n) is 3.50. The molecule has 0 aromatic carbocycles. The topological polar surface area (TPSA) is 100 Å². The highest BCUT2D eigenvalue weighted by Crippen LogP contribution is 2.27. The summed E-state index contributed by atoms with van der Waals surface area (Å²) in [5, 5.41) is 10.7. The number of nitrogens with zero attached hydrogens (tertiary/aromatic N) is 4. The van der Waals surface area contributed by atoms with Crippen LogP contribution in [0.3, 0.4) is 0 Å². The van der Waals surface area contributed by atoms with Gasteiger partial charge in [-0.25, -0.2) is 9.67 Å². The number of aromatic nitrogens is 4. The predicted octanol–water partition coefficient (Wildman–Crippen LogP) is 3.28. The smallest absolute Gasteiger partial charge is 0.279 e. The molecule has 0 saturated heterocycles. The molecule has 9 nitrogen and oxygen atoms in total. The van der Waals surface area contributed by atoms with Crippen molar-refractivity contribution < 1.29 is 19.0 Å². The number of nitrogens with one attached hydrogen (secondary N) is 1. The van der Waals surface area contributed by atoms with Crippen molar-refractivity contribution in [2.45, 2.75) is 58.8 Å². The van der Waals surface area contributed by atoms with Crippen LogP contribution in [0.4, 0.5) is 5.82 Å². The van der Waals surface area contributed by atoms with E-state index in [0.717, 1.165) is 0 Å². The van der Waals surface area contributed by atoms with E-state index in [4.69, 9.17) is 14.2 Å². The molecule has 0 spiro atoms. The maximum absolute atomic E-state index is 12.6. The Hall–Kier alpha value is -2.52. The molecular weight excluding hydrogens is 386 g/mol. The molecule has 1 amide bonds. The molecule has 30 heavy (non-hydrogen) atoms. The summed E-state index contributed by atoms with van der Waals surface area (Å²) in [6, 6.07) is 3.61. The Morgan fingerprint density at radius 3 is 2.73 bits per heavy atom. The monoisotopic (exact) mass is 417 g/mol. The summed E-state index contributed by atoms with van der Waals surface area (Å²) in [6.07, 6.45) is 8.95. The first kappa shape index (κ1) is 22.2. The van der Waals surface area contributed by atoms with E-state index in [2.05, 4.69) is 20.6 Å². The van der Waals surface area contributed by atoms with Crippen LogP contribution in [0.5, 0.6) is 5.75 Å². The molecule has 0 bridgehead atoms. The summed E-state index contributed by atoms with van der Waals surface area (Å²) >= 11 is 0. The lowest BCUT2D eigenvalue weighted by Gasteiger charge is -2.22. The zero-order chi connectivity index (χ0) is 21.2. The fraction of sp³-hybridized carbons (Fsp3) is 0.619. The molecule has 0 aliphatic heterocycles. The van der Waals surface area contributed by atoms with Crippen LogP contribution in [0.1, 0.15) is 56.4 Å². The molecule has 9 heteroatoms. The van der Waals surface area contributed by atoms with Crippen molar-refractivity contribution in [3.8, 4) is 5.75 Å². The molecule has 164 valence electrons. The van der Waals surface area contributed by atoms with Gasteiger partial charge in [-0.05, 0) is 44.7 Å². The maximum Gasteiger partial charge on any atom is 0.279 e. The van der Waals surface area contributed by atoms with E-state index in [-0.39, 0.29) is 5.69 Å². The first-order valence-corrected chi connectivity index (χ1v) is 10.7. The molecule has 1 saturated carbocycles. The second kappa shape index (κ2) is 11.6. The molecule has 2 aromatic rings. The standard InChI is InChI=1S/C21H31N5O4/c1-3-28-19(29-4-2)14-26-13-17(24-25-26)21(27)23-20-18(11-8-12-22-20)30-15-16-9-6-5-7-10-16/h8,11-13,16,19H,3-7,9-10,14-15H2,1-2H3,(H,22,23,27). The lowest BCUT2D eigenvalue weighted by Crippen LogP contribution is -2.24. The number of rotatable bonds is 11. The normalized spacial score (nSPS) is 14.8. The Bertz CT molecular complexity index is 785. The van der Waals surface area contributed by atoms with Gasteiger partial charge in [0.05, 0.1) is 19.3 Å². The van der Waals surface area contributed by atoms with Gasteiger partial charge in [0, 0.05) is 19.4 Å². The van der Waals surface area contributed by atoms with Crippen molar-refractivity contribution in [3.63, 3.8) is 0 Å². The van der Waals surface area contributed by atoms with Gasteiger partial charge < -0.3 is 19.5 Å². The number of carbonyl (C=O) groups is 1. The van der Waals surface area contributed by atoms with Crippen LogP contribution in [0, 0.1) is 5.92 Å². The van der Waals surface area contributed by atoms with E-state index in [9.17, 15) is 4.79 Å². The Balaban J connectivity index is 1.58. The zero-order valence-corrected chi connectivity index (χ0v) is 17.7. The van der Waals surface area contributed by atoms with E-state index in [0.29, 0.717) is 43.9 Å². The number of pyridine rings is 1. The highest BCUT2D eigenvalue weighted by atomic mass is 16.7. The van der Waals surface area contributed by atoms with Crippen LogP contribution in [0.15, 0.2) is 24.5 Å². The van der Waals surface area contributed by atoms with Crippen molar-refractivity contribution in [3.05, 3.63) is 30.2 Å². The van der Waals surface area contributed by atoms with E-state index < -0.39 is 12.2 Å². The summed E-state index contributed by atoms with van der Waals surface area (Å²) in [5.41, 5.74) is 0.186. The van der Waals surface area contributed by atoms with Crippen LogP contribution in [-0.2, 0) is 16.0 Å². The van der Waals surface area contributed by atoms with Gasteiger partial charge >= 0.3 is 0 Å². The number of anilines is 1. The molecule has 0 radical (unpaired) electrons. The van der Waals surface area contributed by atoms with Gasteiger partial charge in [-0.1, -0.05) is 24.5 Å². The molecule has 2 heterocycles. The van der Waals surface area contributed by atoms with E-state index in [1.165, 1.54) is 36.8 Å². The summed E-state index contributed by atoms with van der Waals surface area (Å²) in [7, 11) is 0. The Labute approximate surface area is 177 Å². The molecule has 0 atom stereocenters. The highest BCUT2D eigenvalue weighted by molar-refractivity contribution is 6.02. The van der Waals surface area contributed by atoms with Gasteiger partial charge in [0.1, 0.15) is 0 Å². The van der Waals surface area contributed by atoms with E-state index in [1.54, 1.807) is 18.5 Å². The van der Waals surface area contributed by atoms with Crippen LogP contribution in [-0.4, -0.2) is 52.0 Å². The summed E-state index contributed by atoms with van der Waals surface area (Å²) < 4.78 is 18.5. The second-order valence-electron chi connectivity index (χ2n) is 7.29. The van der Waals surface area contributed by atoms with Gasteiger partial charge in [0.25, 0.3) is 5.91 Å². The SMILES string of the molecule is CCOC(Cn1cc(C(=O)Nc2ncccc2OCC2CCCCC2)nn1)OCC. The Morgan fingerprint density at radius 1 is 1.23 bits per heavy atom. The number of carbonyl (C=O) groups excluding carboxylic acids is 1. The van der Waals surface area contributed by atoms with Gasteiger partial charge in [-0.15, -0.1) is 5.10 Å². The molecule has 3 rings (SSSR count). The van der Waals surface area contributed by atoms with Gasteiger partial charge in [-0.2, -0.15) is 0 Å². The van der Waals surface area contributed by atoms with E-state index >= 15 is 0 Å². The Morgan fingerprint density at radius 2 is 2.00 bits per heavy atom. The summed E-state index contributed by atoms with van der Waals surface area (Å²) in [6.45, 7) is 5.83. The summed E-state index contributed by atoms with van der Waals surface area (Å²) in [4.78, 5) is 16.9. The molecule has 1 aliphatic rings. The quantitative estimate of drug-likeness (QED) is 0.560. The van der Waals surface area contributed by atoms with Crippen molar-refractivity contribution >= 4 is 11.7 Å². The van der Waals surface area contributed by atoms with Crippen molar-refractivity contribution in [2.24, 2.45) is 5.92 Å². The van der Waals surface area contributed by atoms with Gasteiger partial charge in [0.2, 0.25) is 0 Å². The Kier molecular flexibility index (Phi) is 8.58. The second-order valence-corrected chi connectivity index (χ2v) is 7.29. The van der Waals surface area contributed by atoms with Crippen molar-refractivity contribution in [1.82, 2.24) is 20.0 Å². The predicted molar refractivity (Wildman–Crippen MR) is 111 cm³/mol. The molecule has 1 aliphatic carbocycles. The minimum atomic E-state index is -0.437. The maximum atomic E-state index is 12.6. The fourth-order valence-corrected chi connectivity index (χ4v) is 3.50. The molecular formula is C21H31N5O4. The number of hydrogen-bond donors (Lipinski definition) is 1. The third-order valence-electron chi connectivity index (χ3n) is 5.01. The molecule has 1 N–H and O–H groups in total. The van der Waals surface area contributed by atoms with Crippen LogP contribution < -0.4 is 10.1 Å². The van der Waals surface area contributed by atoms with Crippen LogP contribution in [0.2, 0.25) is 0 Å². The number of ether oxygens (including phenoxy) is 3. The van der Waals surface area contributed by atoms with Gasteiger partial charge in [0.15, 0.2) is 23.6 Å². The largest absolute Gasteiger partial charge is 0.489 e. The zero-order valence-electron chi connectivity index (χ0n) is 17.7. The number of amides is 1. The lowest BCUT2D eigenvalue weighted by atomic mass is 9.90. The van der Waals surface area contributed by atoms with Crippen LogP contribution in [0.25, 0.3) is 0 Å². The average molecular weight is 418 g/mol. The summed E-state index contributed by atoms with van der Waals surface area (Å²) in [5.74, 6) is 1.11. The third-order valence-corrected chi connectivity index (χ3v) is 5.01. The number of hydrogen-bond acceptors (Lipinski definition) is 7. The van der Waals surface area contributed by atoms with Gasteiger partial charge in [-0.3, -0.25) is 4.79 Å². The molecule has 2 aromatic heterocycles. The molecule has 0 unspecified atom stereocenters. The van der Waals surface area contributed by atoms with E-state index in [1.807, 2.05) is 19.9 Å². The minimum absolute atomic E-state index is 0.186. The minimum Gasteiger partial charge on any atom is -0.489 e. The molecule has 1 fully saturated rings. The first-order valence-electron chi connectivity index (χ1n) is 10.7. The first-order chi connectivity index (χ1) is 14.7. The average Bonchev–Trinajstić information content (AvgIpc) is 3.23. The lowest BCUT2D eigenvalue weighted by molar-refractivity contribution is -0.145. The van der Waals surface area contributed by atoms with Crippen molar-refractivity contribution in [2.75, 3.05) is 25.1 Å². The van der Waals surface area contributed by atoms with Crippen molar-refractivity contribution in [1.29, 1.82) is 0 Å². The third kappa shape index (κ3) is 6.50. The van der Waals surface area contributed by atoms with Crippen LogP contribution >= 0.6 is 0 Å². The highest BCUT2D eigenvalue weighted by Gasteiger charge is 2.18.